The van der Waals surface area contributed by atoms with Crippen LogP contribution in [0.1, 0.15) is 32.6 Å². The first-order valence-corrected chi connectivity index (χ1v) is 16.5. The lowest BCUT2D eigenvalue weighted by atomic mass is 10.1. The lowest BCUT2D eigenvalue weighted by Gasteiger charge is -2.37. The molecule has 0 atom stereocenters. The maximum atomic E-state index is 13.6. The minimum Gasteiger partial charge on any atom is -0.379 e. The smallest absolute Gasteiger partial charge is 0.262 e. The predicted octanol–water partition coefficient (Wildman–Crippen LogP) is 3.80. The molecule has 0 radical (unpaired) electrons. The Kier molecular flexibility index (Phi) is 10.0. The monoisotopic (exact) mass is 605 g/mol. The van der Waals surface area contributed by atoms with Crippen molar-refractivity contribution in [2.75, 3.05) is 75.2 Å². The molecule has 10 heteroatoms. The Hall–Kier alpha value is -3.44. The molecular formula is C33H43N5O4S. The fraction of sp³-hybridized carbons (Fsp3) is 0.424. The number of nitrogens with zero attached hydrogens (tertiary/aromatic N) is 3. The van der Waals surface area contributed by atoms with Crippen molar-refractivity contribution in [2.45, 2.75) is 32.2 Å². The molecule has 2 saturated heterocycles. The summed E-state index contributed by atoms with van der Waals surface area (Å²) in [6.07, 6.45) is 0. The molecule has 230 valence electrons. The molecule has 0 spiro atoms. The highest BCUT2D eigenvalue weighted by Gasteiger charge is 2.25. The van der Waals surface area contributed by atoms with E-state index in [4.69, 9.17) is 4.74 Å². The first-order valence-electron chi connectivity index (χ1n) is 15.0. The van der Waals surface area contributed by atoms with E-state index in [2.05, 4.69) is 49.0 Å². The molecular weight excluding hydrogens is 562 g/mol. The molecule has 3 aromatic carbocycles. The normalized spacial score (nSPS) is 16.7. The van der Waals surface area contributed by atoms with Gasteiger partial charge in [0.2, 0.25) is 0 Å². The molecule has 2 aliphatic rings. The SMILES string of the molecule is Cc1cc(C)c(S(=O)(=O)Nc2ccc(N3CCN(Cc4ccccc4)CC3)c(C(=O)NCCN3CCOCC3)c2)c(C)c1. The first kappa shape index (κ1) is 31.0. The van der Waals surface area contributed by atoms with E-state index in [1.54, 1.807) is 12.1 Å². The second-order valence-electron chi connectivity index (χ2n) is 11.5. The number of aryl methyl sites for hydroxylation is 3. The standard InChI is InChI=1S/C33H43N5O4S/c1-25-21-26(2)32(27(3)22-25)43(40,41)35-29-9-10-31(30(23-29)33(39)34-11-12-36-17-19-42-20-18-36)38-15-13-37(14-16-38)24-28-7-5-4-6-8-28/h4-10,21-23,35H,11-20,24H2,1-3H3,(H,34,39). The van der Waals surface area contributed by atoms with Crippen LogP contribution in [-0.4, -0.2) is 89.7 Å². The minimum atomic E-state index is -3.86. The molecule has 3 aromatic rings. The second kappa shape index (κ2) is 13.9. The van der Waals surface area contributed by atoms with Gasteiger partial charge in [0, 0.05) is 70.3 Å². The zero-order valence-electron chi connectivity index (χ0n) is 25.4. The molecule has 0 aliphatic carbocycles. The van der Waals surface area contributed by atoms with Crippen molar-refractivity contribution in [2.24, 2.45) is 0 Å². The van der Waals surface area contributed by atoms with Gasteiger partial charge in [-0.15, -0.1) is 0 Å². The summed E-state index contributed by atoms with van der Waals surface area (Å²) in [5.74, 6) is -0.210. The van der Waals surface area contributed by atoms with Crippen LogP contribution < -0.4 is 14.9 Å². The minimum absolute atomic E-state index is 0.210. The molecule has 0 aromatic heterocycles. The Bertz CT molecular complexity index is 1490. The Morgan fingerprint density at radius 2 is 1.51 bits per heavy atom. The summed E-state index contributed by atoms with van der Waals surface area (Å²) in [5.41, 5.74) is 5.33. The highest BCUT2D eigenvalue weighted by atomic mass is 32.2. The van der Waals surface area contributed by atoms with Crippen molar-refractivity contribution < 1.29 is 17.9 Å². The number of hydrogen-bond acceptors (Lipinski definition) is 7. The van der Waals surface area contributed by atoms with Crippen LogP contribution in [-0.2, 0) is 21.3 Å². The fourth-order valence-corrected chi connectivity index (χ4v) is 7.59. The van der Waals surface area contributed by atoms with Gasteiger partial charge in [0.25, 0.3) is 15.9 Å². The van der Waals surface area contributed by atoms with E-state index in [0.29, 0.717) is 42.1 Å². The van der Waals surface area contributed by atoms with Crippen LogP contribution in [0, 0.1) is 20.8 Å². The van der Waals surface area contributed by atoms with Gasteiger partial charge in [-0.3, -0.25) is 19.3 Å². The zero-order valence-corrected chi connectivity index (χ0v) is 26.3. The van der Waals surface area contributed by atoms with Gasteiger partial charge in [-0.05, 0) is 55.7 Å². The number of piperazine rings is 1. The third kappa shape index (κ3) is 7.94. The van der Waals surface area contributed by atoms with Crippen molar-refractivity contribution in [1.82, 2.24) is 15.1 Å². The third-order valence-corrected chi connectivity index (χ3v) is 9.83. The second-order valence-corrected chi connectivity index (χ2v) is 13.1. The molecule has 2 N–H and O–H groups in total. The number of benzene rings is 3. The lowest BCUT2D eigenvalue weighted by Crippen LogP contribution is -2.46. The third-order valence-electron chi connectivity index (χ3n) is 8.15. The molecule has 5 rings (SSSR count). The van der Waals surface area contributed by atoms with Gasteiger partial charge in [-0.25, -0.2) is 8.42 Å². The number of morpholine rings is 1. The van der Waals surface area contributed by atoms with E-state index in [1.165, 1.54) is 5.56 Å². The van der Waals surface area contributed by atoms with Crippen LogP contribution in [0.4, 0.5) is 11.4 Å². The maximum Gasteiger partial charge on any atom is 0.262 e. The van der Waals surface area contributed by atoms with Crippen LogP contribution in [0.3, 0.4) is 0 Å². The number of nitrogens with one attached hydrogen (secondary N) is 2. The largest absolute Gasteiger partial charge is 0.379 e. The molecule has 2 heterocycles. The highest BCUT2D eigenvalue weighted by molar-refractivity contribution is 7.92. The van der Waals surface area contributed by atoms with Crippen LogP contribution in [0.2, 0.25) is 0 Å². The summed E-state index contributed by atoms with van der Waals surface area (Å²) < 4.78 is 35.2. The van der Waals surface area contributed by atoms with E-state index >= 15 is 0 Å². The summed E-state index contributed by atoms with van der Waals surface area (Å²) >= 11 is 0. The summed E-state index contributed by atoms with van der Waals surface area (Å²) in [5, 5.41) is 3.08. The van der Waals surface area contributed by atoms with Gasteiger partial charge in [0.15, 0.2) is 0 Å². The van der Waals surface area contributed by atoms with Crippen LogP contribution in [0.5, 0.6) is 0 Å². The highest BCUT2D eigenvalue weighted by Crippen LogP contribution is 2.29. The van der Waals surface area contributed by atoms with Crippen LogP contribution >= 0.6 is 0 Å². The van der Waals surface area contributed by atoms with Crippen LogP contribution in [0.25, 0.3) is 0 Å². The number of carbonyl (C=O) groups excluding carboxylic acids is 1. The topological polar surface area (TPSA) is 94.2 Å². The quantitative estimate of drug-likeness (QED) is 0.363. The van der Waals surface area contributed by atoms with E-state index in [9.17, 15) is 13.2 Å². The van der Waals surface area contributed by atoms with Gasteiger partial charge >= 0.3 is 0 Å². The molecule has 1 amide bonds. The van der Waals surface area contributed by atoms with Gasteiger partial charge in [-0.1, -0.05) is 48.0 Å². The molecule has 2 fully saturated rings. The molecule has 0 bridgehead atoms. The lowest BCUT2D eigenvalue weighted by molar-refractivity contribution is 0.0383. The number of rotatable bonds is 10. The molecule has 9 nitrogen and oxygen atoms in total. The van der Waals surface area contributed by atoms with Gasteiger partial charge in [0.1, 0.15) is 0 Å². The number of ether oxygens (including phenoxy) is 1. The summed E-state index contributed by atoms with van der Waals surface area (Å²) in [6, 6.07) is 19.5. The van der Waals surface area contributed by atoms with Gasteiger partial charge in [0.05, 0.1) is 23.7 Å². The number of hydrogen-bond donors (Lipinski definition) is 2. The average Bonchev–Trinajstić information content (AvgIpc) is 2.98. The summed E-state index contributed by atoms with van der Waals surface area (Å²) in [7, 11) is -3.86. The molecule has 43 heavy (non-hydrogen) atoms. The maximum absolute atomic E-state index is 13.6. The van der Waals surface area contributed by atoms with Crippen molar-refractivity contribution in [3.8, 4) is 0 Å². The number of amides is 1. The number of anilines is 2. The van der Waals surface area contributed by atoms with E-state index in [-0.39, 0.29) is 10.8 Å². The number of sulfonamides is 1. The van der Waals surface area contributed by atoms with E-state index < -0.39 is 10.0 Å². The van der Waals surface area contributed by atoms with Crippen molar-refractivity contribution in [1.29, 1.82) is 0 Å². The van der Waals surface area contributed by atoms with Gasteiger partial charge in [-0.2, -0.15) is 0 Å². The Balaban J connectivity index is 1.34. The Labute approximate surface area is 255 Å². The molecule has 2 aliphatic heterocycles. The van der Waals surface area contributed by atoms with E-state index in [0.717, 1.165) is 63.6 Å². The summed E-state index contributed by atoms with van der Waals surface area (Å²) in [4.78, 5) is 20.8. The predicted molar refractivity (Wildman–Crippen MR) is 171 cm³/mol. The van der Waals surface area contributed by atoms with Crippen LogP contribution in [0.15, 0.2) is 65.6 Å². The molecule has 0 unspecified atom stereocenters. The molecule has 0 saturated carbocycles. The average molecular weight is 606 g/mol. The fourth-order valence-electron chi connectivity index (χ4n) is 6.09. The van der Waals surface area contributed by atoms with Crippen molar-refractivity contribution >= 4 is 27.3 Å². The van der Waals surface area contributed by atoms with Crippen molar-refractivity contribution in [3.63, 3.8) is 0 Å². The Morgan fingerprint density at radius 1 is 0.837 bits per heavy atom. The van der Waals surface area contributed by atoms with Gasteiger partial charge < -0.3 is 15.0 Å². The summed E-state index contributed by atoms with van der Waals surface area (Å²) in [6.45, 7) is 14.1. The van der Waals surface area contributed by atoms with E-state index in [1.807, 2.05) is 45.0 Å². The Morgan fingerprint density at radius 3 is 2.19 bits per heavy atom. The van der Waals surface area contributed by atoms with Crippen molar-refractivity contribution in [3.05, 3.63) is 88.5 Å². The zero-order chi connectivity index (χ0) is 30.4. The first-order chi connectivity index (χ1) is 20.7. The number of carbonyl (C=O) groups is 1.